The molecular weight excluding hydrogens is 366 g/mol. The Morgan fingerprint density at radius 1 is 1.12 bits per heavy atom. The molecule has 24 heavy (non-hydrogen) atoms. The number of fused-ring (bicyclic) bond motifs is 1. The summed E-state index contributed by atoms with van der Waals surface area (Å²) in [5, 5.41) is 1.09. The third kappa shape index (κ3) is 3.38. The summed E-state index contributed by atoms with van der Waals surface area (Å²) in [6.45, 7) is 5.06. The summed E-state index contributed by atoms with van der Waals surface area (Å²) in [5.74, 6) is 1.03. The van der Waals surface area contributed by atoms with Crippen LogP contribution in [0.3, 0.4) is 0 Å². The second-order valence-electron chi connectivity index (χ2n) is 7.16. The fraction of sp³-hybridized carbons (Fsp3) is 0.526. The van der Waals surface area contributed by atoms with Crippen LogP contribution in [0, 0.1) is 5.92 Å². The van der Waals surface area contributed by atoms with Crippen molar-refractivity contribution in [3.63, 3.8) is 0 Å². The molecule has 4 rings (SSSR count). The van der Waals surface area contributed by atoms with Crippen molar-refractivity contribution in [1.82, 2.24) is 14.8 Å². The van der Waals surface area contributed by atoms with Gasteiger partial charge in [-0.1, -0.05) is 28.4 Å². The molecule has 2 heterocycles. The van der Waals surface area contributed by atoms with E-state index < -0.39 is 0 Å². The highest BCUT2D eigenvalue weighted by molar-refractivity contribution is 9.10. The second-order valence-corrected chi connectivity index (χ2v) is 8.07. The van der Waals surface area contributed by atoms with Gasteiger partial charge in [0.25, 0.3) is 5.91 Å². The van der Waals surface area contributed by atoms with Gasteiger partial charge in [0.2, 0.25) is 0 Å². The largest absolute Gasteiger partial charge is 0.350 e. The fourth-order valence-corrected chi connectivity index (χ4v) is 4.14. The number of H-pyrrole nitrogens is 1. The van der Waals surface area contributed by atoms with Crippen LogP contribution in [0.5, 0.6) is 0 Å². The van der Waals surface area contributed by atoms with E-state index in [1.54, 1.807) is 0 Å². The predicted molar refractivity (Wildman–Crippen MR) is 100 cm³/mol. The lowest BCUT2D eigenvalue weighted by molar-refractivity contribution is 0.0754. The molecule has 0 atom stereocenters. The third-order valence-corrected chi connectivity index (χ3v) is 5.93. The molecule has 4 nitrogen and oxygen atoms in total. The molecule has 0 unspecified atom stereocenters. The van der Waals surface area contributed by atoms with E-state index in [1.807, 2.05) is 29.2 Å². The van der Waals surface area contributed by atoms with Crippen molar-refractivity contribution in [2.75, 3.05) is 32.7 Å². The van der Waals surface area contributed by atoms with Crippen molar-refractivity contribution in [1.29, 1.82) is 0 Å². The van der Waals surface area contributed by atoms with Crippen LogP contribution in [0.25, 0.3) is 10.9 Å². The Kier molecular flexibility index (Phi) is 4.63. The SMILES string of the molecule is O=C(c1cc2ccc(Br)cc2[nH]1)N1CCCN(CC2CCC2)CC1. The number of hydrogen-bond donors (Lipinski definition) is 1. The maximum atomic E-state index is 12.9. The number of nitrogens with zero attached hydrogens (tertiary/aromatic N) is 2. The summed E-state index contributed by atoms with van der Waals surface area (Å²) >= 11 is 3.48. The van der Waals surface area contributed by atoms with E-state index in [2.05, 4.69) is 25.8 Å². The molecule has 1 aliphatic heterocycles. The molecule has 0 spiro atoms. The molecule has 1 amide bonds. The van der Waals surface area contributed by atoms with Crippen molar-refractivity contribution < 1.29 is 4.79 Å². The Morgan fingerprint density at radius 3 is 2.79 bits per heavy atom. The third-order valence-electron chi connectivity index (χ3n) is 5.43. The molecule has 1 saturated carbocycles. The molecule has 2 aliphatic rings. The van der Waals surface area contributed by atoms with Gasteiger partial charge in [0.15, 0.2) is 0 Å². The molecule has 2 fully saturated rings. The monoisotopic (exact) mass is 389 g/mol. The number of aromatic amines is 1. The van der Waals surface area contributed by atoms with Gasteiger partial charge in [0.05, 0.1) is 0 Å². The lowest BCUT2D eigenvalue weighted by Gasteiger charge is -2.31. The van der Waals surface area contributed by atoms with Gasteiger partial charge in [-0.25, -0.2) is 0 Å². The second kappa shape index (κ2) is 6.89. The van der Waals surface area contributed by atoms with E-state index in [4.69, 9.17) is 0 Å². The van der Waals surface area contributed by atoms with Gasteiger partial charge in [-0.15, -0.1) is 0 Å². The van der Waals surface area contributed by atoms with E-state index >= 15 is 0 Å². The molecule has 0 radical (unpaired) electrons. The van der Waals surface area contributed by atoms with Crippen LogP contribution >= 0.6 is 15.9 Å². The van der Waals surface area contributed by atoms with Crippen molar-refractivity contribution in [3.05, 3.63) is 34.4 Å². The molecule has 1 N–H and O–H groups in total. The molecule has 5 heteroatoms. The first-order chi connectivity index (χ1) is 11.7. The minimum atomic E-state index is 0.132. The highest BCUT2D eigenvalue weighted by Gasteiger charge is 2.25. The van der Waals surface area contributed by atoms with E-state index in [-0.39, 0.29) is 5.91 Å². The Morgan fingerprint density at radius 2 is 2.00 bits per heavy atom. The lowest BCUT2D eigenvalue weighted by atomic mass is 9.85. The van der Waals surface area contributed by atoms with Gasteiger partial charge in [-0.3, -0.25) is 4.79 Å². The summed E-state index contributed by atoms with van der Waals surface area (Å²) in [6, 6.07) is 8.04. The smallest absolute Gasteiger partial charge is 0.270 e. The first-order valence-electron chi connectivity index (χ1n) is 8.99. The quantitative estimate of drug-likeness (QED) is 0.864. The van der Waals surface area contributed by atoms with Crippen LogP contribution in [-0.4, -0.2) is 53.4 Å². The van der Waals surface area contributed by atoms with Crippen molar-refractivity contribution in [2.45, 2.75) is 25.7 Å². The van der Waals surface area contributed by atoms with Crippen LogP contribution in [0.4, 0.5) is 0 Å². The van der Waals surface area contributed by atoms with Crippen LogP contribution in [0.2, 0.25) is 0 Å². The maximum Gasteiger partial charge on any atom is 0.270 e. The molecule has 1 saturated heterocycles. The molecule has 1 aliphatic carbocycles. The molecule has 1 aromatic heterocycles. The number of aromatic nitrogens is 1. The van der Waals surface area contributed by atoms with E-state index in [0.717, 1.165) is 53.9 Å². The average molecular weight is 390 g/mol. The number of amides is 1. The highest BCUT2D eigenvalue weighted by Crippen LogP contribution is 2.27. The zero-order valence-electron chi connectivity index (χ0n) is 13.9. The highest BCUT2D eigenvalue weighted by atomic mass is 79.9. The predicted octanol–water partition coefficient (Wildman–Crippen LogP) is 3.88. The minimum absolute atomic E-state index is 0.132. The molecule has 1 aromatic carbocycles. The van der Waals surface area contributed by atoms with Gasteiger partial charge < -0.3 is 14.8 Å². The van der Waals surface area contributed by atoms with Gasteiger partial charge in [-0.05, 0) is 49.9 Å². The van der Waals surface area contributed by atoms with Crippen molar-refractivity contribution in [2.24, 2.45) is 5.92 Å². The number of nitrogens with one attached hydrogen (secondary N) is 1. The number of hydrogen-bond acceptors (Lipinski definition) is 2. The van der Waals surface area contributed by atoms with Crippen LogP contribution in [-0.2, 0) is 0 Å². The first-order valence-corrected chi connectivity index (χ1v) is 9.78. The molecule has 128 valence electrons. The molecule has 2 aromatic rings. The van der Waals surface area contributed by atoms with E-state index in [9.17, 15) is 4.79 Å². The summed E-state index contributed by atoms with van der Waals surface area (Å²) in [6.07, 6.45) is 5.26. The summed E-state index contributed by atoms with van der Waals surface area (Å²) in [4.78, 5) is 20.7. The zero-order chi connectivity index (χ0) is 16.5. The number of benzene rings is 1. The Balaban J connectivity index is 1.43. The summed E-state index contributed by atoms with van der Waals surface area (Å²) < 4.78 is 1.03. The number of rotatable bonds is 3. The fourth-order valence-electron chi connectivity index (χ4n) is 3.78. The van der Waals surface area contributed by atoms with E-state index in [1.165, 1.54) is 25.8 Å². The summed E-state index contributed by atoms with van der Waals surface area (Å²) in [5.41, 5.74) is 1.71. The number of halogens is 1. The number of carbonyl (C=O) groups is 1. The van der Waals surface area contributed by atoms with Crippen LogP contribution < -0.4 is 0 Å². The minimum Gasteiger partial charge on any atom is -0.350 e. The summed E-state index contributed by atoms with van der Waals surface area (Å²) in [7, 11) is 0. The van der Waals surface area contributed by atoms with Crippen LogP contribution in [0.15, 0.2) is 28.7 Å². The van der Waals surface area contributed by atoms with Crippen molar-refractivity contribution in [3.8, 4) is 0 Å². The Hall–Kier alpha value is -1.33. The van der Waals surface area contributed by atoms with Gasteiger partial charge >= 0.3 is 0 Å². The van der Waals surface area contributed by atoms with Gasteiger partial charge in [-0.2, -0.15) is 0 Å². The number of carbonyl (C=O) groups excluding carboxylic acids is 1. The molecular formula is C19H24BrN3O. The lowest BCUT2D eigenvalue weighted by Crippen LogP contribution is -2.37. The normalized spacial score (nSPS) is 20.1. The Labute approximate surface area is 151 Å². The standard InChI is InChI=1S/C19H24BrN3O/c20-16-6-5-15-11-18(21-17(15)12-16)19(24)23-8-2-7-22(9-10-23)13-14-3-1-4-14/h5-6,11-12,14,21H,1-4,7-10,13H2. The first kappa shape index (κ1) is 16.2. The maximum absolute atomic E-state index is 12.9. The van der Waals surface area contributed by atoms with Gasteiger partial charge in [0, 0.05) is 41.6 Å². The average Bonchev–Trinajstić information content (AvgIpc) is 2.80. The van der Waals surface area contributed by atoms with Gasteiger partial charge in [0.1, 0.15) is 5.69 Å². The Bertz CT molecular complexity index is 737. The van der Waals surface area contributed by atoms with E-state index in [0.29, 0.717) is 5.69 Å². The van der Waals surface area contributed by atoms with Crippen LogP contribution in [0.1, 0.15) is 36.2 Å². The zero-order valence-corrected chi connectivity index (χ0v) is 15.5. The van der Waals surface area contributed by atoms with Crippen molar-refractivity contribution >= 4 is 32.7 Å². The topological polar surface area (TPSA) is 39.3 Å². The molecule has 0 bridgehead atoms.